The van der Waals surface area contributed by atoms with Gasteiger partial charge in [0.1, 0.15) is 0 Å². The lowest BCUT2D eigenvalue weighted by Crippen LogP contribution is -2.45. The van der Waals surface area contributed by atoms with Gasteiger partial charge in [-0.25, -0.2) is 0 Å². The number of nitrogens with zero attached hydrogens (tertiary/aromatic N) is 1. The SMILES string of the molecule is CC(CN1CCC[C@@H](N)C1)C(=O)O. The molecule has 76 valence electrons. The first-order valence-corrected chi connectivity index (χ1v) is 4.80. The van der Waals surface area contributed by atoms with Gasteiger partial charge in [-0.1, -0.05) is 6.92 Å². The largest absolute Gasteiger partial charge is 0.481 e. The molecule has 13 heavy (non-hydrogen) atoms. The van der Waals surface area contributed by atoms with E-state index < -0.39 is 5.97 Å². The molecule has 1 unspecified atom stereocenters. The number of carbonyl (C=O) groups is 1. The van der Waals surface area contributed by atoms with Crippen LogP contribution in [0.2, 0.25) is 0 Å². The van der Waals surface area contributed by atoms with Crippen LogP contribution >= 0.6 is 0 Å². The monoisotopic (exact) mass is 186 g/mol. The van der Waals surface area contributed by atoms with Crippen molar-refractivity contribution in [3.8, 4) is 0 Å². The third-order valence-corrected chi connectivity index (χ3v) is 2.50. The highest BCUT2D eigenvalue weighted by molar-refractivity contribution is 5.69. The van der Waals surface area contributed by atoms with Crippen molar-refractivity contribution in [1.82, 2.24) is 4.90 Å². The molecule has 3 N–H and O–H groups in total. The number of likely N-dealkylation sites (tertiary alicyclic amines) is 1. The number of hydrogen-bond donors (Lipinski definition) is 2. The molecule has 4 nitrogen and oxygen atoms in total. The molecule has 4 heteroatoms. The first kappa shape index (κ1) is 10.5. The molecule has 0 radical (unpaired) electrons. The first-order valence-electron chi connectivity index (χ1n) is 4.80. The summed E-state index contributed by atoms with van der Waals surface area (Å²) in [4.78, 5) is 12.7. The quantitative estimate of drug-likeness (QED) is 0.657. The molecule has 0 bridgehead atoms. The van der Waals surface area contributed by atoms with Gasteiger partial charge in [0, 0.05) is 19.1 Å². The van der Waals surface area contributed by atoms with E-state index in [0.717, 1.165) is 25.9 Å². The molecule has 1 heterocycles. The Kier molecular flexibility index (Phi) is 3.69. The Morgan fingerprint density at radius 1 is 1.77 bits per heavy atom. The second kappa shape index (κ2) is 4.58. The zero-order valence-electron chi connectivity index (χ0n) is 8.07. The van der Waals surface area contributed by atoms with E-state index in [4.69, 9.17) is 10.8 Å². The standard InChI is InChI=1S/C9H18N2O2/c1-7(9(12)13)5-11-4-2-3-8(10)6-11/h7-8H,2-6,10H2,1H3,(H,12,13)/t7?,8-/m1/s1. The Bertz CT molecular complexity index is 184. The Hall–Kier alpha value is -0.610. The first-order chi connectivity index (χ1) is 6.09. The molecule has 0 aromatic rings. The van der Waals surface area contributed by atoms with Gasteiger partial charge in [-0.05, 0) is 19.4 Å². The predicted molar refractivity (Wildman–Crippen MR) is 50.4 cm³/mol. The fourth-order valence-electron chi connectivity index (χ4n) is 1.72. The van der Waals surface area contributed by atoms with E-state index in [1.165, 1.54) is 0 Å². The molecule has 1 saturated heterocycles. The predicted octanol–water partition coefficient (Wildman–Crippen LogP) is 0.130. The van der Waals surface area contributed by atoms with Crippen molar-refractivity contribution >= 4 is 5.97 Å². The average Bonchev–Trinajstić information content (AvgIpc) is 2.04. The van der Waals surface area contributed by atoms with Crippen LogP contribution in [-0.4, -0.2) is 41.7 Å². The number of aliphatic carboxylic acids is 1. The van der Waals surface area contributed by atoms with Crippen molar-refractivity contribution < 1.29 is 9.90 Å². The summed E-state index contributed by atoms with van der Waals surface area (Å²) in [6, 6.07) is 0.231. The van der Waals surface area contributed by atoms with E-state index >= 15 is 0 Å². The molecule has 0 aliphatic carbocycles. The molecule has 0 amide bonds. The molecule has 0 spiro atoms. The van der Waals surface area contributed by atoms with Crippen LogP contribution in [0.5, 0.6) is 0 Å². The average molecular weight is 186 g/mol. The van der Waals surface area contributed by atoms with Crippen LogP contribution < -0.4 is 5.73 Å². The van der Waals surface area contributed by atoms with Crippen molar-refractivity contribution in [1.29, 1.82) is 0 Å². The van der Waals surface area contributed by atoms with Crippen LogP contribution in [0, 0.1) is 5.92 Å². The zero-order chi connectivity index (χ0) is 9.84. The van der Waals surface area contributed by atoms with E-state index in [2.05, 4.69) is 4.90 Å². The maximum absolute atomic E-state index is 10.6. The van der Waals surface area contributed by atoms with Gasteiger partial charge >= 0.3 is 5.97 Å². The van der Waals surface area contributed by atoms with E-state index in [9.17, 15) is 4.79 Å². The summed E-state index contributed by atoms with van der Waals surface area (Å²) in [5, 5.41) is 8.72. The highest BCUT2D eigenvalue weighted by Crippen LogP contribution is 2.10. The lowest BCUT2D eigenvalue weighted by molar-refractivity contribution is -0.141. The summed E-state index contributed by atoms with van der Waals surface area (Å²) >= 11 is 0. The van der Waals surface area contributed by atoms with Crippen molar-refractivity contribution in [2.75, 3.05) is 19.6 Å². The lowest BCUT2D eigenvalue weighted by atomic mass is 10.0. The minimum Gasteiger partial charge on any atom is -0.481 e. The third kappa shape index (κ3) is 3.32. The van der Waals surface area contributed by atoms with Gasteiger partial charge < -0.3 is 15.7 Å². The normalized spacial score (nSPS) is 27.1. The number of carboxylic acid groups (broad SMARTS) is 1. The van der Waals surface area contributed by atoms with Crippen LogP contribution in [0.3, 0.4) is 0 Å². The molecule has 0 aromatic heterocycles. The van der Waals surface area contributed by atoms with Crippen LogP contribution in [-0.2, 0) is 4.79 Å². The second-order valence-electron chi connectivity index (χ2n) is 3.90. The minimum atomic E-state index is -0.723. The molecule has 1 aliphatic rings. The molecule has 1 rings (SSSR count). The lowest BCUT2D eigenvalue weighted by Gasteiger charge is -2.31. The van der Waals surface area contributed by atoms with Gasteiger partial charge in [0.05, 0.1) is 5.92 Å². The molecule has 2 atom stereocenters. The third-order valence-electron chi connectivity index (χ3n) is 2.50. The summed E-state index contributed by atoms with van der Waals surface area (Å²) < 4.78 is 0. The second-order valence-corrected chi connectivity index (χ2v) is 3.90. The fourth-order valence-corrected chi connectivity index (χ4v) is 1.72. The van der Waals surface area contributed by atoms with Crippen LogP contribution in [0.1, 0.15) is 19.8 Å². The summed E-state index contributed by atoms with van der Waals surface area (Å²) in [7, 11) is 0. The van der Waals surface area contributed by atoms with Gasteiger partial charge in [0.15, 0.2) is 0 Å². The number of carboxylic acids is 1. The number of rotatable bonds is 3. The smallest absolute Gasteiger partial charge is 0.307 e. The van der Waals surface area contributed by atoms with E-state index in [-0.39, 0.29) is 12.0 Å². The topological polar surface area (TPSA) is 66.6 Å². The molecule has 0 saturated carbocycles. The summed E-state index contributed by atoms with van der Waals surface area (Å²) in [5.41, 5.74) is 5.79. The molecule has 0 aromatic carbocycles. The van der Waals surface area contributed by atoms with E-state index in [1.54, 1.807) is 6.92 Å². The molecular formula is C9H18N2O2. The van der Waals surface area contributed by atoms with Crippen molar-refractivity contribution in [2.24, 2.45) is 11.7 Å². The number of hydrogen-bond acceptors (Lipinski definition) is 3. The van der Waals surface area contributed by atoms with Gasteiger partial charge in [-0.2, -0.15) is 0 Å². The maximum atomic E-state index is 10.6. The Morgan fingerprint density at radius 2 is 2.46 bits per heavy atom. The van der Waals surface area contributed by atoms with Crippen LogP contribution in [0.4, 0.5) is 0 Å². The summed E-state index contributed by atoms with van der Waals surface area (Å²) in [5.74, 6) is -1.01. The number of piperidine rings is 1. The van der Waals surface area contributed by atoms with Crippen molar-refractivity contribution in [2.45, 2.75) is 25.8 Å². The fraction of sp³-hybridized carbons (Fsp3) is 0.889. The Balaban J connectivity index is 2.31. The highest BCUT2D eigenvalue weighted by Gasteiger charge is 2.20. The Morgan fingerprint density at radius 3 is 3.00 bits per heavy atom. The van der Waals surface area contributed by atoms with E-state index in [0.29, 0.717) is 6.54 Å². The van der Waals surface area contributed by atoms with Gasteiger partial charge in [-0.3, -0.25) is 4.79 Å². The maximum Gasteiger partial charge on any atom is 0.307 e. The van der Waals surface area contributed by atoms with Gasteiger partial charge in [0.25, 0.3) is 0 Å². The molecule has 1 aliphatic heterocycles. The zero-order valence-corrected chi connectivity index (χ0v) is 8.07. The highest BCUT2D eigenvalue weighted by atomic mass is 16.4. The number of nitrogens with two attached hydrogens (primary N) is 1. The molecule has 1 fully saturated rings. The minimum absolute atomic E-state index is 0.231. The van der Waals surface area contributed by atoms with Gasteiger partial charge in [-0.15, -0.1) is 0 Å². The van der Waals surface area contributed by atoms with Crippen LogP contribution in [0.15, 0.2) is 0 Å². The van der Waals surface area contributed by atoms with E-state index in [1.807, 2.05) is 0 Å². The van der Waals surface area contributed by atoms with Crippen LogP contribution in [0.25, 0.3) is 0 Å². The van der Waals surface area contributed by atoms with Crippen molar-refractivity contribution in [3.05, 3.63) is 0 Å². The Labute approximate surface area is 78.7 Å². The summed E-state index contributed by atoms with van der Waals surface area (Å²) in [6.07, 6.45) is 2.16. The van der Waals surface area contributed by atoms with Gasteiger partial charge in [0.2, 0.25) is 0 Å². The molecular weight excluding hydrogens is 168 g/mol. The summed E-state index contributed by atoms with van der Waals surface area (Å²) in [6.45, 7) is 4.20. The van der Waals surface area contributed by atoms with Crippen molar-refractivity contribution in [3.63, 3.8) is 0 Å².